The predicted octanol–water partition coefficient (Wildman–Crippen LogP) is 1.66. The Hall–Kier alpha value is -2.20. The van der Waals surface area contributed by atoms with Crippen LogP contribution < -0.4 is 0 Å². The Balaban J connectivity index is 2.14. The molecule has 0 bridgehead atoms. The molecule has 0 saturated carbocycles. The van der Waals surface area contributed by atoms with Gasteiger partial charge < -0.3 is 9.84 Å². The second-order valence-corrected chi connectivity index (χ2v) is 4.78. The molecule has 1 aromatic carbocycles. The van der Waals surface area contributed by atoms with Gasteiger partial charge in [0.2, 0.25) is 5.78 Å². The lowest BCUT2D eigenvalue weighted by Gasteiger charge is -2.15. The largest absolute Gasteiger partial charge is 0.478 e. The van der Waals surface area contributed by atoms with Gasteiger partial charge >= 0.3 is 0 Å². The number of ether oxygens (including phenoxy) is 1. The smallest absolute Gasteiger partial charge is 0.228 e. The zero-order valence-corrected chi connectivity index (χ0v) is 10.3. The fourth-order valence-electron chi connectivity index (χ4n) is 2.47. The molecule has 4 heteroatoms. The van der Waals surface area contributed by atoms with Crippen molar-refractivity contribution in [3.05, 3.63) is 58.9 Å². The summed E-state index contributed by atoms with van der Waals surface area (Å²) in [6, 6.07) is 6.55. The maximum Gasteiger partial charge on any atom is 0.228 e. The number of carbonyl (C=O) groups excluding carboxylic acids is 2. The number of fused-ring (bicyclic) bond motifs is 1. The highest BCUT2D eigenvalue weighted by molar-refractivity contribution is 6.27. The van der Waals surface area contributed by atoms with Crippen molar-refractivity contribution in [3.8, 4) is 0 Å². The number of ketones is 2. The molecule has 1 aliphatic heterocycles. The number of Topliss-reactive ketones (excluding diaryl/α,β-unsaturated/α-hetero) is 2. The van der Waals surface area contributed by atoms with E-state index in [2.05, 4.69) is 6.58 Å². The summed E-state index contributed by atoms with van der Waals surface area (Å²) in [7, 11) is 0. The molecule has 1 aliphatic carbocycles. The summed E-state index contributed by atoms with van der Waals surface area (Å²) in [6.45, 7) is 5.40. The Morgan fingerprint density at radius 3 is 2.37 bits per heavy atom. The molecule has 0 radical (unpaired) electrons. The van der Waals surface area contributed by atoms with Gasteiger partial charge in [-0.1, -0.05) is 30.8 Å². The summed E-state index contributed by atoms with van der Waals surface area (Å²) in [5, 5.41) is 10.2. The van der Waals surface area contributed by atoms with Crippen LogP contribution in [0, 0.1) is 0 Å². The molecule has 0 fully saturated rings. The van der Waals surface area contributed by atoms with E-state index in [1.807, 2.05) is 0 Å². The Morgan fingerprint density at radius 1 is 1.21 bits per heavy atom. The van der Waals surface area contributed by atoms with Crippen molar-refractivity contribution >= 4 is 11.6 Å². The van der Waals surface area contributed by atoms with E-state index in [1.165, 1.54) is 0 Å². The molecule has 0 saturated heterocycles. The van der Waals surface area contributed by atoms with Crippen molar-refractivity contribution in [2.24, 2.45) is 0 Å². The fraction of sp³-hybridized carbons (Fsp3) is 0.200. The van der Waals surface area contributed by atoms with Crippen LogP contribution in [-0.2, 0) is 4.74 Å². The monoisotopic (exact) mass is 256 g/mol. The average Bonchev–Trinajstić information content (AvgIpc) is 2.74. The zero-order chi connectivity index (χ0) is 13.7. The number of carbonyl (C=O) groups is 2. The van der Waals surface area contributed by atoms with Crippen LogP contribution >= 0.6 is 0 Å². The maximum absolute atomic E-state index is 12.3. The summed E-state index contributed by atoms with van der Waals surface area (Å²) < 4.78 is 5.44. The van der Waals surface area contributed by atoms with Crippen LogP contribution in [0.25, 0.3) is 0 Å². The molecule has 0 amide bonds. The topological polar surface area (TPSA) is 63.6 Å². The van der Waals surface area contributed by atoms with Gasteiger partial charge in [-0.05, 0) is 12.5 Å². The van der Waals surface area contributed by atoms with Crippen LogP contribution in [0.4, 0.5) is 0 Å². The van der Waals surface area contributed by atoms with Crippen LogP contribution in [0.1, 0.15) is 27.6 Å². The van der Waals surface area contributed by atoms with Crippen LogP contribution in [0.3, 0.4) is 0 Å². The van der Waals surface area contributed by atoms with Crippen LogP contribution in [0.15, 0.2) is 47.7 Å². The molecular weight excluding hydrogens is 244 g/mol. The molecular formula is C15H12O4. The highest BCUT2D eigenvalue weighted by Crippen LogP contribution is 2.37. The quantitative estimate of drug-likeness (QED) is 0.776. The molecule has 1 N–H and O–H groups in total. The summed E-state index contributed by atoms with van der Waals surface area (Å²) in [4.78, 5) is 24.6. The standard InChI is InChI=1S/C15H12O4/c1-7(2)14-13(18)10-11(16)8-5-3-4-6-9(8)12(17)15(10)19-14/h3-6,13-14,18H,1H2,2H3/t13-,14-/m0/s1. The van der Waals surface area contributed by atoms with E-state index in [-0.39, 0.29) is 22.9 Å². The molecule has 0 unspecified atom stereocenters. The van der Waals surface area contributed by atoms with Crippen molar-refractivity contribution in [2.45, 2.75) is 19.1 Å². The van der Waals surface area contributed by atoms with E-state index < -0.39 is 12.2 Å². The van der Waals surface area contributed by atoms with Gasteiger partial charge in [-0.25, -0.2) is 0 Å². The summed E-state index contributed by atoms with van der Waals surface area (Å²) in [5.41, 5.74) is 1.26. The van der Waals surface area contributed by atoms with Crippen molar-refractivity contribution in [2.75, 3.05) is 0 Å². The van der Waals surface area contributed by atoms with Gasteiger partial charge in [0.05, 0.1) is 5.57 Å². The van der Waals surface area contributed by atoms with Crippen molar-refractivity contribution in [3.63, 3.8) is 0 Å². The summed E-state index contributed by atoms with van der Waals surface area (Å²) in [6.07, 6.45) is -1.86. The van der Waals surface area contributed by atoms with Crippen molar-refractivity contribution < 1.29 is 19.4 Å². The number of aliphatic hydroxyl groups is 1. The van der Waals surface area contributed by atoms with Gasteiger partial charge in [0.25, 0.3) is 0 Å². The van der Waals surface area contributed by atoms with Gasteiger partial charge in [-0.15, -0.1) is 0 Å². The lowest BCUT2D eigenvalue weighted by atomic mass is 9.86. The van der Waals surface area contributed by atoms with Gasteiger partial charge in [0, 0.05) is 11.1 Å². The highest BCUT2D eigenvalue weighted by Gasteiger charge is 2.46. The summed E-state index contributed by atoms with van der Waals surface area (Å²) >= 11 is 0. The lowest BCUT2D eigenvalue weighted by Crippen LogP contribution is -2.28. The Kier molecular flexibility index (Phi) is 2.43. The first-order valence-corrected chi connectivity index (χ1v) is 5.95. The second kappa shape index (κ2) is 3.90. The van der Waals surface area contributed by atoms with E-state index in [0.717, 1.165) is 0 Å². The molecule has 2 aliphatic rings. The number of allylic oxidation sites excluding steroid dienone is 1. The maximum atomic E-state index is 12.3. The number of benzene rings is 1. The number of rotatable bonds is 1. The molecule has 1 heterocycles. The minimum atomic E-state index is -1.13. The van der Waals surface area contributed by atoms with E-state index >= 15 is 0 Å². The first-order valence-electron chi connectivity index (χ1n) is 5.95. The van der Waals surface area contributed by atoms with E-state index in [9.17, 15) is 14.7 Å². The Bertz CT molecular complexity index is 654. The summed E-state index contributed by atoms with van der Waals surface area (Å²) in [5.74, 6) is -0.737. The van der Waals surface area contributed by atoms with Crippen LogP contribution in [-0.4, -0.2) is 28.9 Å². The minimum absolute atomic E-state index is 0.0378. The highest BCUT2D eigenvalue weighted by atomic mass is 16.5. The van der Waals surface area contributed by atoms with E-state index in [0.29, 0.717) is 16.7 Å². The number of hydrogen-bond acceptors (Lipinski definition) is 4. The third kappa shape index (κ3) is 1.50. The van der Waals surface area contributed by atoms with Crippen molar-refractivity contribution in [1.29, 1.82) is 0 Å². The van der Waals surface area contributed by atoms with Gasteiger partial charge in [-0.3, -0.25) is 9.59 Å². The predicted molar refractivity (Wildman–Crippen MR) is 67.8 cm³/mol. The van der Waals surface area contributed by atoms with Gasteiger partial charge in [0.15, 0.2) is 11.5 Å². The second-order valence-electron chi connectivity index (χ2n) is 4.78. The first-order chi connectivity index (χ1) is 9.02. The Labute approximate surface area is 110 Å². The molecule has 96 valence electrons. The molecule has 0 aromatic heterocycles. The molecule has 1 aromatic rings. The van der Waals surface area contributed by atoms with E-state index in [4.69, 9.17) is 4.74 Å². The zero-order valence-electron chi connectivity index (χ0n) is 10.3. The molecule has 4 nitrogen and oxygen atoms in total. The minimum Gasteiger partial charge on any atom is -0.478 e. The third-order valence-electron chi connectivity index (χ3n) is 3.42. The van der Waals surface area contributed by atoms with E-state index in [1.54, 1.807) is 31.2 Å². The lowest BCUT2D eigenvalue weighted by molar-refractivity contribution is 0.0644. The fourth-order valence-corrected chi connectivity index (χ4v) is 2.47. The van der Waals surface area contributed by atoms with Crippen molar-refractivity contribution in [1.82, 2.24) is 0 Å². The Morgan fingerprint density at radius 2 is 1.79 bits per heavy atom. The van der Waals surface area contributed by atoms with Gasteiger partial charge in [0.1, 0.15) is 12.2 Å². The van der Waals surface area contributed by atoms with Gasteiger partial charge in [-0.2, -0.15) is 0 Å². The van der Waals surface area contributed by atoms with Crippen LogP contribution in [0.2, 0.25) is 0 Å². The first kappa shape index (κ1) is 11.9. The van der Waals surface area contributed by atoms with Crippen LogP contribution in [0.5, 0.6) is 0 Å². The third-order valence-corrected chi connectivity index (χ3v) is 3.42. The molecule has 2 atom stereocenters. The average molecular weight is 256 g/mol. The number of hydrogen-bond donors (Lipinski definition) is 1. The molecule has 19 heavy (non-hydrogen) atoms. The molecule has 0 spiro atoms. The number of aliphatic hydroxyl groups excluding tert-OH is 1. The molecule has 3 rings (SSSR count). The SMILES string of the molecule is C=C(C)[C@@H]1OC2=C(C(=O)c3ccccc3C2=O)[C@@H]1O. The normalized spacial score (nSPS) is 24.9.